The average molecular weight is 510 g/mol. The molecular weight excluding hydrogens is 491 g/mol. The molecule has 1 fully saturated rings. The highest BCUT2D eigenvalue weighted by atomic mass is 35.6. The molecule has 31 heavy (non-hydrogen) atoms. The number of fused-ring (bicyclic) bond motifs is 1. The van der Waals surface area contributed by atoms with Crippen molar-refractivity contribution in [1.82, 2.24) is 10.2 Å². The van der Waals surface area contributed by atoms with Gasteiger partial charge in [-0.05, 0) is 24.6 Å². The Balaban J connectivity index is 1.70. The van der Waals surface area contributed by atoms with Gasteiger partial charge in [0, 0.05) is 12.9 Å². The summed E-state index contributed by atoms with van der Waals surface area (Å²) in [4.78, 5) is 39.3. The van der Waals surface area contributed by atoms with Crippen LogP contribution in [0.5, 0.6) is 5.75 Å². The Labute approximate surface area is 198 Å². The van der Waals surface area contributed by atoms with Gasteiger partial charge in [-0.3, -0.25) is 14.5 Å². The fourth-order valence-electron chi connectivity index (χ4n) is 3.15. The maximum atomic E-state index is 13.0. The van der Waals surface area contributed by atoms with E-state index in [1.807, 2.05) is 6.07 Å². The van der Waals surface area contributed by atoms with Gasteiger partial charge in [0.1, 0.15) is 23.4 Å². The number of amides is 2. The number of nitrogens with one attached hydrogen (secondary N) is 1. The van der Waals surface area contributed by atoms with Crippen LogP contribution < -0.4 is 10.1 Å². The maximum absolute atomic E-state index is 13.0. The first-order chi connectivity index (χ1) is 14.6. The van der Waals surface area contributed by atoms with Crippen LogP contribution in [0.15, 0.2) is 41.6 Å². The van der Waals surface area contributed by atoms with Crippen molar-refractivity contribution in [3.8, 4) is 5.75 Å². The molecule has 3 rings (SSSR count). The van der Waals surface area contributed by atoms with Crippen molar-refractivity contribution < 1.29 is 28.6 Å². The highest BCUT2D eigenvalue weighted by molar-refractivity contribution is 8.00. The second-order valence-electron chi connectivity index (χ2n) is 6.75. The van der Waals surface area contributed by atoms with E-state index in [1.54, 1.807) is 31.2 Å². The van der Waals surface area contributed by atoms with Gasteiger partial charge >= 0.3 is 5.97 Å². The molecule has 2 aliphatic heterocycles. The van der Waals surface area contributed by atoms with E-state index >= 15 is 0 Å². The van der Waals surface area contributed by atoms with E-state index in [-0.39, 0.29) is 12.3 Å². The van der Waals surface area contributed by atoms with Crippen molar-refractivity contribution in [1.29, 1.82) is 0 Å². The smallest absolute Gasteiger partial charge is 0.355 e. The van der Waals surface area contributed by atoms with Gasteiger partial charge in [-0.1, -0.05) is 53.0 Å². The highest BCUT2D eigenvalue weighted by Crippen LogP contribution is 2.46. The number of nitrogens with zero attached hydrogens (tertiary/aromatic N) is 1. The molecule has 168 valence electrons. The second-order valence-corrected chi connectivity index (χ2v) is 10.3. The van der Waals surface area contributed by atoms with Crippen LogP contribution in [0.3, 0.4) is 0 Å². The SMILES string of the molecule is COC1(NC(=O)COc2ccccc2)C(=O)N2C(C(=O)OCC(Cl)(Cl)Cl)=C(C)CS[C@@H]21. The first-order valence-corrected chi connectivity index (χ1v) is 11.2. The lowest BCUT2D eigenvalue weighted by Gasteiger charge is -2.55. The van der Waals surface area contributed by atoms with Crippen LogP contribution in [-0.4, -0.2) is 63.7 Å². The predicted octanol–water partition coefficient (Wildman–Crippen LogP) is 2.63. The number of methoxy groups -OCH3 is 1. The van der Waals surface area contributed by atoms with Crippen LogP contribution in [-0.2, 0) is 23.9 Å². The quantitative estimate of drug-likeness (QED) is 0.261. The van der Waals surface area contributed by atoms with Crippen molar-refractivity contribution >= 4 is 64.3 Å². The number of hydrogen-bond acceptors (Lipinski definition) is 7. The van der Waals surface area contributed by atoms with Gasteiger partial charge in [-0.25, -0.2) is 4.79 Å². The zero-order chi connectivity index (χ0) is 22.8. The zero-order valence-corrected chi connectivity index (χ0v) is 19.6. The van der Waals surface area contributed by atoms with Crippen LogP contribution >= 0.6 is 46.6 Å². The third-order valence-corrected chi connectivity index (χ3v) is 6.33. The van der Waals surface area contributed by atoms with Crippen molar-refractivity contribution in [2.24, 2.45) is 0 Å². The number of carbonyl (C=O) groups excluding carboxylic acids is 3. The molecule has 2 atom stereocenters. The molecule has 2 heterocycles. The lowest BCUT2D eigenvalue weighted by molar-refractivity contribution is -0.193. The van der Waals surface area contributed by atoms with Crippen LogP contribution in [0.25, 0.3) is 0 Å². The number of carbonyl (C=O) groups is 3. The summed E-state index contributed by atoms with van der Waals surface area (Å²) in [5.74, 6) is -1.04. The molecule has 0 bridgehead atoms. The van der Waals surface area contributed by atoms with Crippen LogP contribution in [0.4, 0.5) is 0 Å². The normalized spacial score (nSPS) is 23.1. The number of thioether (sulfide) groups is 1. The van der Waals surface area contributed by atoms with Gasteiger partial charge in [0.25, 0.3) is 17.5 Å². The summed E-state index contributed by atoms with van der Waals surface area (Å²) in [7, 11) is 1.31. The number of β-lactam (4-membered cyclic amide) rings is 1. The summed E-state index contributed by atoms with van der Waals surface area (Å²) in [6.07, 6.45) is 0. The molecule has 1 aromatic carbocycles. The Hall–Kier alpha value is -1.65. The zero-order valence-electron chi connectivity index (χ0n) is 16.5. The number of esters is 1. The van der Waals surface area contributed by atoms with E-state index in [4.69, 9.17) is 49.0 Å². The number of alkyl halides is 3. The molecule has 8 nitrogen and oxygen atoms in total. The molecule has 0 aliphatic carbocycles. The minimum atomic E-state index is -1.78. The molecule has 0 aromatic heterocycles. The molecule has 0 radical (unpaired) electrons. The first kappa shape index (κ1) is 24.0. The lowest BCUT2D eigenvalue weighted by Crippen LogP contribution is -2.80. The van der Waals surface area contributed by atoms with E-state index in [0.717, 1.165) is 0 Å². The third kappa shape index (κ3) is 5.06. The van der Waals surface area contributed by atoms with Gasteiger partial charge < -0.3 is 19.5 Å². The maximum Gasteiger partial charge on any atom is 0.355 e. The Kier molecular flexibility index (Phi) is 7.32. The number of ether oxygens (including phenoxy) is 3. The number of benzene rings is 1. The molecule has 12 heteroatoms. The topological polar surface area (TPSA) is 94.2 Å². The summed E-state index contributed by atoms with van der Waals surface area (Å²) in [6, 6.07) is 8.77. The second kappa shape index (κ2) is 9.46. The summed E-state index contributed by atoms with van der Waals surface area (Å²) < 4.78 is 14.1. The van der Waals surface area contributed by atoms with Gasteiger partial charge in [0.2, 0.25) is 3.79 Å². The largest absolute Gasteiger partial charge is 0.484 e. The molecule has 2 amide bonds. The number of hydrogen-bond donors (Lipinski definition) is 1. The van der Waals surface area contributed by atoms with Crippen LogP contribution in [0.2, 0.25) is 0 Å². The molecule has 0 spiro atoms. The molecule has 1 unspecified atom stereocenters. The fraction of sp³-hybridized carbons (Fsp3) is 0.421. The highest BCUT2D eigenvalue weighted by Gasteiger charge is 2.66. The van der Waals surface area contributed by atoms with Crippen LogP contribution in [0, 0.1) is 0 Å². The summed E-state index contributed by atoms with van der Waals surface area (Å²) in [5.41, 5.74) is -0.971. The van der Waals surface area contributed by atoms with E-state index in [0.29, 0.717) is 17.1 Å². The van der Waals surface area contributed by atoms with Gasteiger partial charge in [-0.2, -0.15) is 0 Å². The van der Waals surface area contributed by atoms with E-state index < -0.39 is 39.3 Å². The predicted molar refractivity (Wildman–Crippen MR) is 117 cm³/mol. The lowest BCUT2D eigenvalue weighted by atomic mass is 9.98. The molecule has 2 aliphatic rings. The standard InChI is InChI=1S/C19H19Cl3N2O6S/c1-11-9-31-17-19(28-2,23-13(25)8-29-12-6-4-3-5-7-12)16(27)24(17)14(11)15(26)30-10-18(20,21)22/h3-7,17H,8-10H2,1-2H3,(H,23,25)/t17-,19?/m1/s1. The molecule has 1 N–H and O–H groups in total. The van der Waals surface area contributed by atoms with Crippen molar-refractivity contribution in [3.63, 3.8) is 0 Å². The van der Waals surface area contributed by atoms with Crippen LogP contribution in [0.1, 0.15) is 6.92 Å². The first-order valence-electron chi connectivity index (χ1n) is 9.02. The Bertz CT molecular complexity index is 908. The Morgan fingerprint density at radius 3 is 2.58 bits per heavy atom. The minimum absolute atomic E-state index is 0.0467. The molecule has 1 aromatic rings. The Morgan fingerprint density at radius 1 is 1.29 bits per heavy atom. The minimum Gasteiger partial charge on any atom is -0.484 e. The summed E-state index contributed by atoms with van der Waals surface area (Å²) in [6.45, 7) is 0.907. The molecule has 0 saturated carbocycles. The number of rotatable bonds is 7. The monoisotopic (exact) mass is 508 g/mol. The molecule has 1 saturated heterocycles. The third-order valence-electron chi connectivity index (χ3n) is 4.54. The van der Waals surface area contributed by atoms with Gasteiger partial charge in [0.05, 0.1) is 0 Å². The van der Waals surface area contributed by atoms with Gasteiger partial charge in [0.15, 0.2) is 6.61 Å². The number of para-hydroxylation sites is 1. The molecular formula is C19H19Cl3N2O6S. The van der Waals surface area contributed by atoms with Crippen molar-refractivity contribution in [2.75, 3.05) is 26.1 Å². The summed E-state index contributed by atoms with van der Waals surface area (Å²) in [5, 5.41) is 1.92. The van der Waals surface area contributed by atoms with Crippen molar-refractivity contribution in [2.45, 2.75) is 21.8 Å². The van der Waals surface area contributed by atoms with E-state index in [1.165, 1.54) is 23.8 Å². The van der Waals surface area contributed by atoms with E-state index in [2.05, 4.69) is 5.32 Å². The number of halogens is 3. The Morgan fingerprint density at radius 2 is 1.97 bits per heavy atom. The van der Waals surface area contributed by atoms with Crippen molar-refractivity contribution in [3.05, 3.63) is 41.6 Å². The summed E-state index contributed by atoms with van der Waals surface area (Å²) >= 11 is 18.2. The van der Waals surface area contributed by atoms with Gasteiger partial charge in [-0.15, -0.1) is 11.8 Å². The fourth-order valence-corrected chi connectivity index (χ4v) is 4.70. The average Bonchev–Trinajstić information content (AvgIpc) is 2.74. The van der Waals surface area contributed by atoms with E-state index in [9.17, 15) is 14.4 Å².